The zero-order chi connectivity index (χ0) is 13.0. The van der Waals surface area contributed by atoms with Gasteiger partial charge in [-0.3, -0.25) is 0 Å². The summed E-state index contributed by atoms with van der Waals surface area (Å²) in [5, 5.41) is -0.0812. The van der Waals surface area contributed by atoms with E-state index in [1.54, 1.807) is 7.11 Å². The number of ether oxygens (including phenoxy) is 1. The molecule has 0 heterocycles. The van der Waals surface area contributed by atoms with Gasteiger partial charge >= 0.3 is 0 Å². The minimum atomic E-state index is -0.0812. The van der Waals surface area contributed by atoms with Crippen molar-refractivity contribution in [3.05, 3.63) is 64.1 Å². The molecular formula is C15H14BrClO. The number of methoxy groups -OCH3 is 1. The summed E-state index contributed by atoms with van der Waals surface area (Å²) < 4.78 is 6.41. The van der Waals surface area contributed by atoms with Crippen LogP contribution in [0.3, 0.4) is 0 Å². The average molecular weight is 326 g/mol. The lowest BCUT2D eigenvalue weighted by atomic mass is 10.0. The summed E-state index contributed by atoms with van der Waals surface area (Å²) in [5.74, 6) is 0.842. The van der Waals surface area contributed by atoms with E-state index in [0.717, 1.165) is 22.2 Å². The molecule has 1 nitrogen and oxygen atoms in total. The number of para-hydroxylation sites is 1. The second kappa shape index (κ2) is 6.26. The van der Waals surface area contributed by atoms with Gasteiger partial charge in [0.1, 0.15) is 5.75 Å². The first kappa shape index (κ1) is 13.4. The molecule has 0 aromatic heterocycles. The molecule has 0 amide bonds. The fraction of sp³-hybridized carbons (Fsp3) is 0.200. The smallest absolute Gasteiger partial charge is 0.123 e. The van der Waals surface area contributed by atoms with E-state index < -0.39 is 0 Å². The molecule has 2 aromatic carbocycles. The summed E-state index contributed by atoms with van der Waals surface area (Å²) in [5.41, 5.74) is 2.24. The van der Waals surface area contributed by atoms with Crippen molar-refractivity contribution in [3.63, 3.8) is 0 Å². The Labute approximate surface area is 121 Å². The molecule has 0 saturated carbocycles. The molecule has 2 rings (SSSR count). The zero-order valence-corrected chi connectivity index (χ0v) is 12.4. The number of hydrogen-bond donors (Lipinski definition) is 0. The zero-order valence-electron chi connectivity index (χ0n) is 10.1. The van der Waals surface area contributed by atoms with Crippen molar-refractivity contribution in [2.75, 3.05) is 7.11 Å². The van der Waals surface area contributed by atoms with E-state index in [1.165, 1.54) is 5.56 Å². The summed E-state index contributed by atoms with van der Waals surface area (Å²) in [6, 6.07) is 16.1. The van der Waals surface area contributed by atoms with Gasteiger partial charge in [-0.1, -0.05) is 46.3 Å². The maximum Gasteiger partial charge on any atom is 0.123 e. The molecule has 0 N–H and O–H groups in total. The molecule has 0 fully saturated rings. The number of benzene rings is 2. The van der Waals surface area contributed by atoms with Crippen LogP contribution in [0.2, 0.25) is 0 Å². The number of hydrogen-bond acceptors (Lipinski definition) is 1. The Balaban J connectivity index is 2.16. The Kier molecular flexibility index (Phi) is 4.67. The van der Waals surface area contributed by atoms with Crippen LogP contribution in [0.5, 0.6) is 5.75 Å². The Morgan fingerprint density at radius 2 is 1.78 bits per heavy atom. The first-order chi connectivity index (χ1) is 8.70. The highest BCUT2D eigenvalue weighted by Crippen LogP contribution is 2.32. The third-order valence-corrected chi connectivity index (χ3v) is 3.72. The summed E-state index contributed by atoms with van der Waals surface area (Å²) in [6.45, 7) is 0. The quantitative estimate of drug-likeness (QED) is 0.720. The SMILES string of the molecule is COc1ccccc1C(Cl)Cc1ccc(Br)cc1. The minimum Gasteiger partial charge on any atom is -0.496 e. The van der Waals surface area contributed by atoms with E-state index in [9.17, 15) is 0 Å². The molecule has 2 aromatic rings. The van der Waals surface area contributed by atoms with Crippen LogP contribution in [0.1, 0.15) is 16.5 Å². The highest BCUT2D eigenvalue weighted by molar-refractivity contribution is 9.10. The van der Waals surface area contributed by atoms with Crippen LogP contribution in [-0.4, -0.2) is 7.11 Å². The Bertz CT molecular complexity index is 510. The standard InChI is InChI=1S/C15H14BrClO/c1-18-15-5-3-2-4-13(15)14(17)10-11-6-8-12(16)9-7-11/h2-9,14H,10H2,1H3. The van der Waals surface area contributed by atoms with E-state index >= 15 is 0 Å². The minimum absolute atomic E-state index is 0.0812. The van der Waals surface area contributed by atoms with Crippen LogP contribution < -0.4 is 4.74 Å². The molecular weight excluding hydrogens is 312 g/mol. The van der Waals surface area contributed by atoms with Gasteiger partial charge in [0.15, 0.2) is 0 Å². The third-order valence-electron chi connectivity index (χ3n) is 2.80. The van der Waals surface area contributed by atoms with Crippen LogP contribution in [0.4, 0.5) is 0 Å². The molecule has 0 saturated heterocycles. The normalized spacial score (nSPS) is 12.2. The van der Waals surface area contributed by atoms with Crippen molar-refractivity contribution in [3.8, 4) is 5.75 Å². The lowest BCUT2D eigenvalue weighted by Crippen LogP contribution is -1.99. The van der Waals surface area contributed by atoms with Gasteiger partial charge in [-0.05, 0) is 30.2 Å². The summed E-state index contributed by atoms with van der Waals surface area (Å²) >= 11 is 9.90. The molecule has 1 atom stereocenters. The second-order valence-corrected chi connectivity index (χ2v) is 5.48. The summed E-state index contributed by atoms with van der Waals surface area (Å²) in [4.78, 5) is 0. The fourth-order valence-corrected chi connectivity index (χ4v) is 2.49. The first-order valence-electron chi connectivity index (χ1n) is 5.72. The monoisotopic (exact) mass is 324 g/mol. The van der Waals surface area contributed by atoms with Gasteiger partial charge in [0, 0.05) is 10.0 Å². The molecule has 1 unspecified atom stereocenters. The highest BCUT2D eigenvalue weighted by Gasteiger charge is 2.13. The second-order valence-electron chi connectivity index (χ2n) is 4.04. The van der Waals surface area contributed by atoms with E-state index in [4.69, 9.17) is 16.3 Å². The van der Waals surface area contributed by atoms with Gasteiger partial charge in [0.05, 0.1) is 12.5 Å². The Hall–Kier alpha value is -0.990. The van der Waals surface area contributed by atoms with E-state index in [1.807, 2.05) is 36.4 Å². The van der Waals surface area contributed by atoms with Crippen LogP contribution >= 0.6 is 27.5 Å². The number of alkyl halides is 1. The van der Waals surface area contributed by atoms with Crippen LogP contribution in [-0.2, 0) is 6.42 Å². The lowest BCUT2D eigenvalue weighted by molar-refractivity contribution is 0.409. The highest BCUT2D eigenvalue weighted by atomic mass is 79.9. The van der Waals surface area contributed by atoms with Crippen molar-refractivity contribution < 1.29 is 4.74 Å². The van der Waals surface area contributed by atoms with Gasteiger partial charge in [0.2, 0.25) is 0 Å². The molecule has 18 heavy (non-hydrogen) atoms. The van der Waals surface area contributed by atoms with Gasteiger partial charge < -0.3 is 4.74 Å². The fourth-order valence-electron chi connectivity index (χ4n) is 1.86. The molecule has 0 aliphatic carbocycles. The molecule has 94 valence electrons. The van der Waals surface area contributed by atoms with E-state index in [2.05, 4.69) is 28.1 Å². The van der Waals surface area contributed by atoms with E-state index in [0.29, 0.717) is 0 Å². The first-order valence-corrected chi connectivity index (χ1v) is 6.95. The number of rotatable bonds is 4. The predicted octanol–water partition coefficient (Wildman–Crippen LogP) is 4.98. The Morgan fingerprint density at radius 1 is 1.11 bits per heavy atom. The van der Waals surface area contributed by atoms with Crippen molar-refractivity contribution in [1.82, 2.24) is 0 Å². The average Bonchev–Trinajstić information content (AvgIpc) is 2.41. The largest absolute Gasteiger partial charge is 0.496 e. The molecule has 0 spiro atoms. The van der Waals surface area contributed by atoms with Crippen molar-refractivity contribution >= 4 is 27.5 Å². The van der Waals surface area contributed by atoms with Crippen molar-refractivity contribution in [2.45, 2.75) is 11.8 Å². The molecule has 0 bridgehead atoms. The predicted molar refractivity (Wildman–Crippen MR) is 79.4 cm³/mol. The van der Waals surface area contributed by atoms with E-state index in [-0.39, 0.29) is 5.38 Å². The van der Waals surface area contributed by atoms with Gasteiger partial charge in [-0.2, -0.15) is 0 Å². The van der Waals surface area contributed by atoms with Gasteiger partial charge in [-0.15, -0.1) is 11.6 Å². The van der Waals surface area contributed by atoms with Crippen molar-refractivity contribution in [1.29, 1.82) is 0 Å². The molecule has 0 aliphatic heterocycles. The Morgan fingerprint density at radius 3 is 2.44 bits per heavy atom. The number of halogens is 2. The van der Waals surface area contributed by atoms with Gasteiger partial charge in [0.25, 0.3) is 0 Å². The van der Waals surface area contributed by atoms with Crippen LogP contribution in [0.25, 0.3) is 0 Å². The lowest BCUT2D eigenvalue weighted by Gasteiger charge is -2.13. The molecule has 0 aliphatic rings. The van der Waals surface area contributed by atoms with Gasteiger partial charge in [-0.25, -0.2) is 0 Å². The topological polar surface area (TPSA) is 9.23 Å². The van der Waals surface area contributed by atoms with Crippen LogP contribution in [0.15, 0.2) is 53.0 Å². The maximum atomic E-state index is 6.47. The van der Waals surface area contributed by atoms with Crippen molar-refractivity contribution in [2.24, 2.45) is 0 Å². The van der Waals surface area contributed by atoms with Crippen LogP contribution in [0, 0.1) is 0 Å². The molecule has 3 heteroatoms. The maximum absolute atomic E-state index is 6.47. The molecule has 0 radical (unpaired) electrons. The third kappa shape index (κ3) is 3.27. The summed E-state index contributed by atoms with van der Waals surface area (Å²) in [7, 11) is 1.67. The summed E-state index contributed by atoms with van der Waals surface area (Å²) in [6.07, 6.45) is 0.787.